The quantitative estimate of drug-likeness (QED) is 0.650. The van der Waals surface area contributed by atoms with E-state index in [9.17, 15) is 0 Å². The zero-order valence-corrected chi connectivity index (χ0v) is 13.7. The first-order valence-electron chi connectivity index (χ1n) is 7.94. The van der Waals surface area contributed by atoms with Gasteiger partial charge in [0.05, 0.1) is 6.61 Å². The minimum atomic E-state index is -0.120. The van der Waals surface area contributed by atoms with Crippen LogP contribution in [-0.2, 0) is 5.41 Å². The van der Waals surface area contributed by atoms with Crippen LogP contribution in [0.1, 0.15) is 46.1 Å². The monoisotopic (exact) mass is 283 g/mol. The average Bonchev–Trinajstić information content (AvgIpc) is 2.48. The molecule has 0 saturated carbocycles. The maximum atomic E-state index is 6.07. The molecule has 0 aliphatic heterocycles. The molecular weight excluding hydrogens is 256 g/mol. The molecule has 1 aliphatic carbocycles. The van der Waals surface area contributed by atoms with Crippen molar-refractivity contribution in [2.24, 2.45) is 5.41 Å². The Morgan fingerprint density at radius 1 is 1.05 bits per heavy atom. The zero-order chi connectivity index (χ0) is 15.3. The fourth-order valence-corrected chi connectivity index (χ4v) is 2.88. The molecule has 1 nitrogen and oxygen atoms in total. The summed E-state index contributed by atoms with van der Waals surface area (Å²) >= 11 is 0. The van der Waals surface area contributed by atoms with Crippen LogP contribution in [0.25, 0.3) is 0 Å². The standard InChI is InChI=1S/C20H27O/c1-5-6-16-21-18-13-9-8-12-17(18)20(19(2,3)4)14-10-7-11-15-20/h7-15H,5-6,16H2,1-4H3. The summed E-state index contributed by atoms with van der Waals surface area (Å²) in [5.74, 6) is 1.01. The van der Waals surface area contributed by atoms with Crippen molar-refractivity contribution >= 4 is 0 Å². The molecule has 1 aliphatic rings. The van der Waals surface area contributed by atoms with E-state index in [1.807, 2.05) is 0 Å². The van der Waals surface area contributed by atoms with Crippen LogP contribution in [0.3, 0.4) is 0 Å². The molecule has 0 spiro atoms. The topological polar surface area (TPSA) is 9.23 Å². The molecule has 1 aromatic carbocycles. The molecule has 0 bridgehead atoms. The van der Waals surface area contributed by atoms with Crippen LogP contribution in [0.5, 0.6) is 5.75 Å². The van der Waals surface area contributed by atoms with Crippen LogP contribution in [-0.4, -0.2) is 6.61 Å². The summed E-state index contributed by atoms with van der Waals surface area (Å²) in [4.78, 5) is 0. The highest BCUT2D eigenvalue weighted by Crippen LogP contribution is 2.48. The molecule has 0 N–H and O–H groups in total. The summed E-state index contributed by atoms with van der Waals surface area (Å²) in [7, 11) is 0. The molecule has 0 aromatic heterocycles. The fourth-order valence-electron chi connectivity index (χ4n) is 2.88. The summed E-state index contributed by atoms with van der Waals surface area (Å²) in [5.41, 5.74) is 1.22. The first-order valence-corrected chi connectivity index (χ1v) is 7.94. The highest BCUT2D eigenvalue weighted by molar-refractivity contribution is 5.50. The van der Waals surface area contributed by atoms with Gasteiger partial charge in [0, 0.05) is 17.4 Å². The lowest BCUT2D eigenvalue weighted by atomic mass is 9.61. The van der Waals surface area contributed by atoms with Gasteiger partial charge in [-0.25, -0.2) is 0 Å². The van der Waals surface area contributed by atoms with E-state index in [1.54, 1.807) is 0 Å². The Bertz CT molecular complexity index is 505. The van der Waals surface area contributed by atoms with E-state index in [0.29, 0.717) is 0 Å². The van der Waals surface area contributed by atoms with Crippen LogP contribution in [0.2, 0.25) is 0 Å². The van der Waals surface area contributed by atoms with Crippen LogP contribution >= 0.6 is 0 Å². The average molecular weight is 283 g/mol. The third-order valence-electron chi connectivity index (χ3n) is 4.27. The number of hydrogen-bond acceptors (Lipinski definition) is 1. The Balaban J connectivity index is 2.44. The second kappa shape index (κ2) is 6.51. The first-order chi connectivity index (χ1) is 10.0. The Hall–Kier alpha value is -1.50. The number of unbranched alkanes of at least 4 members (excludes halogenated alkanes) is 1. The number of hydrogen-bond donors (Lipinski definition) is 0. The van der Waals surface area contributed by atoms with Gasteiger partial charge in [0.1, 0.15) is 5.75 Å². The predicted octanol–water partition coefficient (Wildman–Crippen LogP) is 5.48. The Morgan fingerprint density at radius 3 is 2.33 bits per heavy atom. The minimum Gasteiger partial charge on any atom is -0.493 e. The number of benzene rings is 1. The highest BCUT2D eigenvalue weighted by atomic mass is 16.5. The minimum absolute atomic E-state index is 0.0818. The van der Waals surface area contributed by atoms with E-state index in [1.165, 1.54) is 5.56 Å². The molecule has 0 atom stereocenters. The van der Waals surface area contributed by atoms with Gasteiger partial charge in [-0.05, 0) is 17.9 Å². The van der Waals surface area contributed by atoms with Gasteiger partial charge in [-0.1, -0.05) is 76.6 Å². The lowest BCUT2D eigenvalue weighted by Gasteiger charge is -2.43. The van der Waals surface area contributed by atoms with Crippen LogP contribution in [0.15, 0.2) is 48.6 Å². The van der Waals surface area contributed by atoms with Crippen molar-refractivity contribution in [2.45, 2.75) is 46.0 Å². The lowest BCUT2D eigenvalue weighted by molar-refractivity contribution is 0.263. The van der Waals surface area contributed by atoms with E-state index in [4.69, 9.17) is 4.74 Å². The number of rotatable bonds is 5. The van der Waals surface area contributed by atoms with Gasteiger partial charge in [-0.2, -0.15) is 0 Å². The molecule has 0 saturated heterocycles. The van der Waals surface area contributed by atoms with Gasteiger partial charge in [0.25, 0.3) is 0 Å². The molecule has 2 rings (SSSR count). The third-order valence-corrected chi connectivity index (χ3v) is 4.27. The van der Waals surface area contributed by atoms with Crippen molar-refractivity contribution < 1.29 is 4.74 Å². The predicted molar refractivity (Wildman–Crippen MR) is 90.6 cm³/mol. The Kier molecular flexibility index (Phi) is 4.92. The Morgan fingerprint density at radius 2 is 1.71 bits per heavy atom. The highest BCUT2D eigenvalue weighted by Gasteiger charge is 2.41. The molecular formula is C20H27O. The summed E-state index contributed by atoms with van der Waals surface area (Å²) in [6, 6.07) is 8.46. The normalized spacial score (nSPS) is 17.0. The molecule has 113 valence electrons. The fraction of sp³-hybridized carbons (Fsp3) is 0.450. The number of allylic oxidation sites excluding steroid dienone is 4. The van der Waals surface area contributed by atoms with Gasteiger partial charge >= 0.3 is 0 Å². The van der Waals surface area contributed by atoms with Crippen molar-refractivity contribution in [1.29, 1.82) is 0 Å². The van der Waals surface area contributed by atoms with Gasteiger partial charge in [-0.15, -0.1) is 0 Å². The maximum absolute atomic E-state index is 6.07. The van der Waals surface area contributed by atoms with E-state index >= 15 is 0 Å². The first kappa shape index (κ1) is 15.9. The van der Waals surface area contributed by atoms with Crippen LogP contribution in [0.4, 0.5) is 0 Å². The molecule has 1 heteroatoms. The van der Waals surface area contributed by atoms with Crippen LogP contribution < -0.4 is 4.74 Å². The van der Waals surface area contributed by atoms with Crippen molar-refractivity contribution in [2.75, 3.05) is 6.61 Å². The second-order valence-corrected chi connectivity index (χ2v) is 6.73. The van der Waals surface area contributed by atoms with E-state index in [-0.39, 0.29) is 10.8 Å². The zero-order valence-electron chi connectivity index (χ0n) is 13.7. The van der Waals surface area contributed by atoms with Gasteiger partial charge in [0.2, 0.25) is 0 Å². The molecule has 0 heterocycles. The van der Waals surface area contributed by atoms with Crippen LogP contribution in [0, 0.1) is 11.8 Å². The van der Waals surface area contributed by atoms with Crippen molar-refractivity contribution in [3.05, 3.63) is 60.6 Å². The maximum Gasteiger partial charge on any atom is 0.123 e. The molecule has 1 aromatic rings. The van der Waals surface area contributed by atoms with Crippen molar-refractivity contribution in [1.82, 2.24) is 0 Å². The molecule has 21 heavy (non-hydrogen) atoms. The summed E-state index contributed by atoms with van der Waals surface area (Å²) in [6.45, 7) is 9.84. The lowest BCUT2D eigenvalue weighted by Crippen LogP contribution is -2.37. The van der Waals surface area contributed by atoms with E-state index in [2.05, 4.69) is 82.7 Å². The van der Waals surface area contributed by atoms with Crippen molar-refractivity contribution in [3.63, 3.8) is 0 Å². The molecule has 0 fully saturated rings. The molecule has 0 amide bonds. The summed E-state index contributed by atoms with van der Waals surface area (Å²) in [5, 5.41) is 0. The van der Waals surface area contributed by atoms with E-state index < -0.39 is 0 Å². The smallest absolute Gasteiger partial charge is 0.123 e. The van der Waals surface area contributed by atoms with Gasteiger partial charge in [0.15, 0.2) is 0 Å². The number of para-hydroxylation sites is 1. The Labute approximate surface area is 129 Å². The number of ether oxygens (including phenoxy) is 1. The van der Waals surface area contributed by atoms with Gasteiger partial charge < -0.3 is 4.74 Å². The summed E-state index contributed by atoms with van der Waals surface area (Å²) in [6.07, 6.45) is 13.2. The SMILES string of the molecule is CCCCOc1ccccc1C1(C(C)(C)C)C=C[CH]C=C1. The third kappa shape index (κ3) is 3.23. The second-order valence-electron chi connectivity index (χ2n) is 6.73. The van der Waals surface area contributed by atoms with Crippen molar-refractivity contribution in [3.8, 4) is 5.75 Å². The van der Waals surface area contributed by atoms with E-state index in [0.717, 1.165) is 25.2 Å². The molecule has 0 unspecified atom stereocenters. The largest absolute Gasteiger partial charge is 0.493 e. The molecule has 1 radical (unpaired) electrons. The van der Waals surface area contributed by atoms with Gasteiger partial charge in [-0.3, -0.25) is 0 Å². The summed E-state index contributed by atoms with van der Waals surface area (Å²) < 4.78 is 6.07.